The zero-order valence-corrected chi connectivity index (χ0v) is 19.3. The Morgan fingerprint density at radius 1 is 0.765 bits per heavy atom. The number of ether oxygens (including phenoxy) is 2. The molecule has 170 valence electrons. The van der Waals surface area contributed by atoms with Crippen LogP contribution in [0, 0.1) is 0 Å². The number of tetrazole rings is 1. The first-order chi connectivity index (χ1) is 16.3. The average Bonchev–Trinajstić information content (AvgIpc) is 3.35. The number of nitrogens with zero attached hydrogens (tertiary/aromatic N) is 4. The number of hydrogen-bond donors (Lipinski definition) is 0. The van der Waals surface area contributed by atoms with Crippen LogP contribution >= 0.6 is 0 Å². The van der Waals surface area contributed by atoms with E-state index in [1.54, 1.807) is 16.7 Å². The van der Waals surface area contributed by atoms with Gasteiger partial charge in [-0.15, -0.1) is 0 Å². The van der Waals surface area contributed by atoms with Crippen molar-refractivity contribution in [3.8, 4) is 34.3 Å². The van der Waals surface area contributed by atoms with Crippen LogP contribution in [0.3, 0.4) is 0 Å². The number of rotatable bonds is 7. The molecule has 0 fully saturated rings. The van der Waals surface area contributed by atoms with E-state index in [4.69, 9.17) is 19.7 Å². The van der Waals surface area contributed by atoms with Crippen LogP contribution in [0.15, 0.2) is 109 Å². The second-order valence-electron chi connectivity index (χ2n) is 7.41. The van der Waals surface area contributed by atoms with Crippen molar-refractivity contribution in [1.82, 2.24) is 15.0 Å². The highest BCUT2D eigenvalue weighted by molar-refractivity contribution is 5.60. The predicted molar refractivity (Wildman–Crippen MR) is 126 cm³/mol. The summed E-state index contributed by atoms with van der Waals surface area (Å²) in [5, 5.41) is 9.60. The van der Waals surface area contributed by atoms with E-state index in [1.165, 1.54) is 0 Å². The summed E-state index contributed by atoms with van der Waals surface area (Å²) in [7, 11) is 1.63. The number of hydrogen-bond acceptors (Lipinski definition) is 4. The predicted octanol–water partition coefficient (Wildman–Crippen LogP) is 1.80. The molecular weight excluding hydrogens is 448 g/mol. The number of methoxy groups -OCH3 is 1. The molecule has 7 heteroatoms. The van der Waals surface area contributed by atoms with Crippen molar-refractivity contribution in [2.24, 2.45) is 0 Å². The molecule has 5 rings (SSSR count). The molecule has 1 heterocycles. The van der Waals surface area contributed by atoms with E-state index in [1.807, 2.05) is 109 Å². The van der Waals surface area contributed by atoms with Crippen molar-refractivity contribution in [3.63, 3.8) is 0 Å². The highest BCUT2D eigenvalue weighted by Crippen LogP contribution is 2.32. The molecule has 0 bridgehead atoms. The Labute approximate surface area is 204 Å². The van der Waals surface area contributed by atoms with E-state index in [2.05, 4.69) is 0 Å². The maximum Gasteiger partial charge on any atom is 0.340 e. The molecule has 6 nitrogen and oxygen atoms in total. The van der Waals surface area contributed by atoms with Crippen LogP contribution in [0.1, 0.15) is 5.56 Å². The summed E-state index contributed by atoms with van der Waals surface area (Å²) in [6.45, 7) is 0.464. The van der Waals surface area contributed by atoms with E-state index in [0.717, 1.165) is 22.5 Å². The first-order valence-corrected chi connectivity index (χ1v) is 10.7. The fraction of sp³-hybridized carbons (Fsp3) is 0.0741. The van der Waals surface area contributed by atoms with Crippen LogP contribution in [0.4, 0.5) is 0 Å². The Bertz CT molecular complexity index is 1290. The highest BCUT2D eigenvalue weighted by atomic mass is 35.5. The normalized spacial score (nSPS) is 10.4. The standard InChI is InChI=1S/C27H23N4O2.ClH/c1-32-26-19-22(17-18-25(26)33-20-21-11-5-2-6-12-21)27-28-30(23-13-7-3-8-14-23)31(29-27)24-15-9-4-10-16-24;/h2-19H,20H2,1H3;1H/q+1;/p-1. The van der Waals surface area contributed by atoms with E-state index < -0.39 is 0 Å². The molecule has 5 aromatic rings. The molecule has 0 saturated carbocycles. The number of benzene rings is 4. The van der Waals surface area contributed by atoms with Crippen molar-refractivity contribution in [3.05, 3.63) is 115 Å². The van der Waals surface area contributed by atoms with Crippen molar-refractivity contribution in [2.75, 3.05) is 7.11 Å². The molecule has 1 aromatic heterocycles. The van der Waals surface area contributed by atoms with E-state index in [0.29, 0.717) is 23.9 Å². The van der Waals surface area contributed by atoms with Gasteiger partial charge in [-0.1, -0.05) is 66.7 Å². The molecule has 0 aliphatic heterocycles. The van der Waals surface area contributed by atoms with Gasteiger partial charge in [-0.3, -0.25) is 0 Å². The van der Waals surface area contributed by atoms with Crippen LogP contribution < -0.4 is 26.7 Å². The van der Waals surface area contributed by atoms with Gasteiger partial charge in [0.15, 0.2) is 17.2 Å². The van der Waals surface area contributed by atoms with E-state index >= 15 is 0 Å². The molecular formula is C27H23ClN4O2. The van der Waals surface area contributed by atoms with E-state index in [9.17, 15) is 0 Å². The van der Waals surface area contributed by atoms with Gasteiger partial charge in [0.2, 0.25) is 0 Å². The van der Waals surface area contributed by atoms with Gasteiger partial charge in [0.25, 0.3) is 0 Å². The Morgan fingerprint density at radius 2 is 1.41 bits per heavy atom. The lowest BCUT2D eigenvalue weighted by Crippen LogP contribution is -3.00. The molecule has 0 atom stereocenters. The second kappa shape index (κ2) is 10.6. The maximum absolute atomic E-state index is 6.00. The van der Waals surface area contributed by atoms with Crippen molar-refractivity contribution in [2.45, 2.75) is 6.61 Å². The lowest BCUT2D eigenvalue weighted by Gasteiger charge is -2.11. The molecule has 0 amide bonds. The minimum atomic E-state index is 0. The minimum absolute atomic E-state index is 0. The largest absolute Gasteiger partial charge is 1.00 e. The molecule has 0 N–H and O–H groups in total. The maximum atomic E-state index is 6.00. The van der Waals surface area contributed by atoms with Gasteiger partial charge in [0, 0.05) is 4.80 Å². The Balaban J connectivity index is 0.00000274. The van der Waals surface area contributed by atoms with Gasteiger partial charge >= 0.3 is 5.82 Å². The third-order valence-corrected chi connectivity index (χ3v) is 5.19. The third kappa shape index (κ3) is 4.92. The van der Waals surface area contributed by atoms with Gasteiger partial charge in [0.05, 0.1) is 17.8 Å². The Kier molecular flexibility index (Phi) is 7.20. The van der Waals surface area contributed by atoms with Crippen LogP contribution in [0.25, 0.3) is 22.8 Å². The number of aromatic nitrogens is 4. The number of halogens is 1. The van der Waals surface area contributed by atoms with Gasteiger partial charge in [-0.2, -0.15) is 0 Å². The summed E-state index contributed by atoms with van der Waals surface area (Å²) in [4.78, 5) is 3.58. The van der Waals surface area contributed by atoms with Crippen LogP contribution in [-0.2, 0) is 6.61 Å². The Hall–Kier alpha value is -4.16. The SMILES string of the molecule is COc1cc(-c2nn(-c3ccccc3)[n+](-c3ccccc3)n2)ccc1OCc1ccccc1.[Cl-]. The molecule has 0 aliphatic rings. The van der Waals surface area contributed by atoms with Gasteiger partial charge < -0.3 is 21.9 Å². The third-order valence-electron chi connectivity index (χ3n) is 5.19. The zero-order chi connectivity index (χ0) is 22.5. The highest BCUT2D eigenvalue weighted by Gasteiger charge is 2.24. The first-order valence-electron chi connectivity index (χ1n) is 10.7. The van der Waals surface area contributed by atoms with Crippen LogP contribution in [0.2, 0.25) is 0 Å². The van der Waals surface area contributed by atoms with Crippen LogP contribution in [0.5, 0.6) is 11.5 Å². The summed E-state index contributed by atoms with van der Waals surface area (Å²) < 4.78 is 11.6. The summed E-state index contributed by atoms with van der Waals surface area (Å²) in [5.41, 5.74) is 3.75. The fourth-order valence-corrected chi connectivity index (χ4v) is 3.52. The smallest absolute Gasteiger partial charge is 0.340 e. The van der Waals surface area contributed by atoms with Gasteiger partial charge in [-0.05, 0) is 57.9 Å². The monoisotopic (exact) mass is 470 g/mol. The van der Waals surface area contributed by atoms with Crippen LogP contribution in [-0.4, -0.2) is 22.1 Å². The topological polar surface area (TPSA) is 53.0 Å². The van der Waals surface area contributed by atoms with Crippen molar-refractivity contribution in [1.29, 1.82) is 0 Å². The lowest BCUT2D eigenvalue weighted by atomic mass is 10.2. The van der Waals surface area contributed by atoms with Crippen molar-refractivity contribution >= 4 is 0 Å². The minimum Gasteiger partial charge on any atom is -1.00 e. The molecule has 0 radical (unpaired) electrons. The molecule has 4 aromatic carbocycles. The second-order valence-corrected chi connectivity index (χ2v) is 7.41. The summed E-state index contributed by atoms with van der Waals surface area (Å²) in [6, 6.07) is 35.7. The zero-order valence-electron chi connectivity index (χ0n) is 18.6. The molecule has 0 saturated heterocycles. The number of para-hydroxylation sites is 2. The lowest BCUT2D eigenvalue weighted by molar-refractivity contribution is -0.734. The molecule has 0 unspecified atom stereocenters. The van der Waals surface area contributed by atoms with Crippen molar-refractivity contribution < 1.29 is 26.7 Å². The fourth-order valence-electron chi connectivity index (χ4n) is 3.52. The average molecular weight is 471 g/mol. The quantitative estimate of drug-likeness (QED) is 0.340. The summed E-state index contributed by atoms with van der Waals surface area (Å²) in [5.74, 6) is 1.88. The summed E-state index contributed by atoms with van der Waals surface area (Å²) >= 11 is 0. The summed E-state index contributed by atoms with van der Waals surface area (Å²) in [6.07, 6.45) is 0. The van der Waals surface area contributed by atoms with Gasteiger partial charge in [0.1, 0.15) is 12.3 Å². The molecule has 0 spiro atoms. The molecule has 34 heavy (non-hydrogen) atoms. The Morgan fingerprint density at radius 3 is 2.09 bits per heavy atom. The van der Waals surface area contributed by atoms with E-state index in [-0.39, 0.29) is 12.4 Å². The van der Waals surface area contributed by atoms with Gasteiger partial charge in [-0.25, -0.2) is 0 Å². The first kappa shape index (κ1) is 23.0. The molecule has 0 aliphatic carbocycles.